The van der Waals surface area contributed by atoms with Gasteiger partial charge in [0.1, 0.15) is 0 Å². The first-order valence-corrected chi connectivity index (χ1v) is 7.00. The van der Waals surface area contributed by atoms with E-state index in [9.17, 15) is 4.79 Å². The molecule has 1 aliphatic heterocycles. The third-order valence-electron chi connectivity index (χ3n) is 4.28. The molecule has 1 saturated carbocycles. The summed E-state index contributed by atoms with van der Waals surface area (Å²) in [7, 11) is 0. The van der Waals surface area contributed by atoms with Crippen LogP contribution in [0.25, 0.3) is 0 Å². The lowest BCUT2D eigenvalue weighted by atomic mass is 9.78. The zero-order valence-corrected chi connectivity index (χ0v) is 11.3. The molecule has 2 heterocycles. The first-order chi connectivity index (χ1) is 9.16. The molecular formula is C14H20N4O. The molecule has 1 amide bonds. The second-order valence-corrected chi connectivity index (χ2v) is 5.88. The maximum atomic E-state index is 12.3. The zero-order chi connectivity index (χ0) is 13.3. The summed E-state index contributed by atoms with van der Waals surface area (Å²) in [5, 5.41) is 3.20. The topological polar surface area (TPSA) is 58.1 Å². The molecule has 2 fully saturated rings. The normalized spacial score (nSPS) is 24.9. The van der Waals surface area contributed by atoms with Gasteiger partial charge in [0, 0.05) is 31.0 Å². The van der Waals surface area contributed by atoms with Gasteiger partial charge in [-0.1, -0.05) is 0 Å². The standard InChI is InChI=1S/C14H20N4O/c1-14(5-2-6-14)17-12(19)11-4-9-18(10-11)13-15-7-3-8-16-13/h3,7-8,11H,2,4-6,9-10H2,1H3,(H,17,19)/t11-/m1/s1. The Balaban J connectivity index is 1.58. The number of carbonyl (C=O) groups excluding carboxylic acids is 1. The van der Waals surface area contributed by atoms with E-state index >= 15 is 0 Å². The van der Waals surface area contributed by atoms with Gasteiger partial charge >= 0.3 is 0 Å². The fraction of sp³-hybridized carbons (Fsp3) is 0.643. The fourth-order valence-corrected chi connectivity index (χ4v) is 2.84. The predicted octanol–water partition coefficient (Wildman–Crippen LogP) is 1.36. The van der Waals surface area contributed by atoms with Gasteiger partial charge in [0.15, 0.2) is 0 Å². The van der Waals surface area contributed by atoms with Crippen LogP contribution in [0.1, 0.15) is 32.6 Å². The van der Waals surface area contributed by atoms with Gasteiger partial charge in [-0.15, -0.1) is 0 Å². The Bertz CT molecular complexity index is 458. The largest absolute Gasteiger partial charge is 0.351 e. The third kappa shape index (κ3) is 2.55. The van der Waals surface area contributed by atoms with Crippen molar-refractivity contribution in [3.8, 4) is 0 Å². The lowest BCUT2D eigenvalue weighted by Gasteiger charge is -2.39. The molecule has 1 aromatic heterocycles. The van der Waals surface area contributed by atoms with Crippen molar-refractivity contribution >= 4 is 11.9 Å². The molecule has 0 unspecified atom stereocenters. The lowest BCUT2D eigenvalue weighted by molar-refractivity contribution is -0.127. The number of carbonyl (C=O) groups is 1. The summed E-state index contributed by atoms with van der Waals surface area (Å²) in [4.78, 5) is 22.8. The number of amides is 1. The lowest BCUT2D eigenvalue weighted by Crippen LogP contribution is -2.53. The number of rotatable bonds is 3. The highest BCUT2D eigenvalue weighted by atomic mass is 16.2. The predicted molar refractivity (Wildman–Crippen MR) is 72.8 cm³/mol. The van der Waals surface area contributed by atoms with E-state index in [4.69, 9.17) is 0 Å². The molecule has 19 heavy (non-hydrogen) atoms. The highest BCUT2D eigenvalue weighted by Gasteiger charge is 2.37. The van der Waals surface area contributed by atoms with E-state index in [0.29, 0.717) is 0 Å². The van der Waals surface area contributed by atoms with Crippen LogP contribution in [0.4, 0.5) is 5.95 Å². The van der Waals surface area contributed by atoms with Crippen LogP contribution in [-0.2, 0) is 4.79 Å². The van der Waals surface area contributed by atoms with Gasteiger partial charge in [-0.2, -0.15) is 0 Å². The van der Waals surface area contributed by atoms with Crippen LogP contribution in [0.15, 0.2) is 18.5 Å². The van der Waals surface area contributed by atoms with E-state index < -0.39 is 0 Å². The van der Waals surface area contributed by atoms with Crippen molar-refractivity contribution in [3.63, 3.8) is 0 Å². The minimum absolute atomic E-state index is 0.0494. The van der Waals surface area contributed by atoms with Gasteiger partial charge in [-0.05, 0) is 38.7 Å². The van der Waals surface area contributed by atoms with Crippen molar-refractivity contribution in [2.45, 2.75) is 38.1 Å². The molecule has 0 bridgehead atoms. The molecule has 1 N–H and O–H groups in total. The van der Waals surface area contributed by atoms with Gasteiger partial charge in [0.2, 0.25) is 11.9 Å². The Morgan fingerprint density at radius 3 is 2.79 bits per heavy atom. The van der Waals surface area contributed by atoms with Crippen molar-refractivity contribution in [2.24, 2.45) is 5.92 Å². The Kier molecular flexibility index (Phi) is 3.12. The molecule has 1 aliphatic carbocycles. The smallest absolute Gasteiger partial charge is 0.225 e. The third-order valence-corrected chi connectivity index (χ3v) is 4.28. The molecule has 1 saturated heterocycles. The Morgan fingerprint density at radius 2 is 2.16 bits per heavy atom. The molecule has 3 rings (SSSR count). The average molecular weight is 260 g/mol. The molecule has 5 heteroatoms. The van der Waals surface area contributed by atoms with E-state index in [-0.39, 0.29) is 17.4 Å². The Hall–Kier alpha value is -1.65. The highest BCUT2D eigenvalue weighted by Crippen LogP contribution is 2.32. The van der Waals surface area contributed by atoms with Crippen LogP contribution in [0.3, 0.4) is 0 Å². The molecule has 1 atom stereocenters. The van der Waals surface area contributed by atoms with Crippen LogP contribution in [-0.4, -0.2) is 34.5 Å². The number of nitrogens with one attached hydrogen (secondary N) is 1. The van der Waals surface area contributed by atoms with E-state index in [0.717, 1.165) is 38.3 Å². The van der Waals surface area contributed by atoms with Crippen LogP contribution >= 0.6 is 0 Å². The van der Waals surface area contributed by atoms with Crippen LogP contribution < -0.4 is 10.2 Å². The number of hydrogen-bond acceptors (Lipinski definition) is 4. The summed E-state index contributed by atoms with van der Waals surface area (Å²) in [6, 6.07) is 1.81. The van der Waals surface area contributed by atoms with E-state index in [2.05, 4.69) is 27.1 Å². The number of hydrogen-bond donors (Lipinski definition) is 1. The zero-order valence-electron chi connectivity index (χ0n) is 11.3. The van der Waals surface area contributed by atoms with Gasteiger partial charge in [0.25, 0.3) is 0 Å². The number of anilines is 1. The van der Waals surface area contributed by atoms with Crippen molar-refractivity contribution in [2.75, 3.05) is 18.0 Å². The average Bonchev–Trinajstić information content (AvgIpc) is 2.87. The summed E-state index contributed by atoms with van der Waals surface area (Å²) in [6.07, 6.45) is 7.82. The molecular weight excluding hydrogens is 240 g/mol. The first-order valence-electron chi connectivity index (χ1n) is 7.00. The van der Waals surface area contributed by atoms with Gasteiger partial charge in [0.05, 0.1) is 5.92 Å². The molecule has 102 valence electrons. The SMILES string of the molecule is CC1(NC(=O)[C@@H]2CCN(c3ncccn3)C2)CCC1. The minimum atomic E-state index is 0.0494. The summed E-state index contributed by atoms with van der Waals surface area (Å²) in [6.45, 7) is 3.73. The summed E-state index contributed by atoms with van der Waals surface area (Å²) < 4.78 is 0. The van der Waals surface area contributed by atoms with Crippen molar-refractivity contribution < 1.29 is 4.79 Å². The maximum absolute atomic E-state index is 12.3. The first kappa shape index (κ1) is 12.4. The van der Waals surface area contributed by atoms with E-state index in [1.165, 1.54) is 6.42 Å². The van der Waals surface area contributed by atoms with E-state index in [1.807, 2.05) is 0 Å². The Labute approximate surface area is 113 Å². The second kappa shape index (κ2) is 4.79. The van der Waals surface area contributed by atoms with Gasteiger partial charge in [-0.25, -0.2) is 9.97 Å². The van der Waals surface area contributed by atoms with Crippen molar-refractivity contribution in [1.29, 1.82) is 0 Å². The monoisotopic (exact) mass is 260 g/mol. The molecule has 0 aromatic carbocycles. The number of aromatic nitrogens is 2. The summed E-state index contributed by atoms with van der Waals surface area (Å²) in [5.41, 5.74) is 0.0494. The fourth-order valence-electron chi connectivity index (χ4n) is 2.84. The highest BCUT2D eigenvalue weighted by molar-refractivity contribution is 5.80. The molecule has 0 spiro atoms. The Morgan fingerprint density at radius 1 is 1.42 bits per heavy atom. The quantitative estimate of drug-likeness (QED) is 0.891. The maximum Gasteiger partial charge on any atom is 0.225 e. The van der Waals surface area contributed by atoms with Crippen molar-refractivity contribution in [1.82, 2.24) is 15.3 Å². The molecule has 2 aliphatic rings. The van der Waals surface area contributed by atoms with Gasteiger partial charge < -0.3 is 10.2 Å². The summed E-state index contributed by atoms with van der Waals surface area (Å²) >= 11 is 0. The molecule has 5 nitrogen and oxygen atoms in total. The minimum Gasteiger partial charge on any atom is -0.351 e. The molecule has 1 aromatic rings. The number of nitrogens with zero attached hydrogens (tertiary/aromatic N) is 3. The summed E-state index contributed by atoms with van der Waals surface area (Å²) in [5.74, 6) is 0.995. The van der Waals surface area contributed by atoms with Gasteiger partial charge in [-0.3, -0.25) is 4.79 Å². The second-order valence-electron chi connectivity index (χ2n) is 5.88. The van der Waals surface area contributed by atoms with Crippen LogP contribution in [0.5, 0.6) is 0 Å². The molecule has 0 radical (unpaired) electrons. The van der Waals surface area contributed by atoms with Crippen molar-refractivity contribution in [3.05, 3.63) is 18.5 Å². The van der Waals surface area contributed by atoms with Crippen LogP contribution in [0, 0.1) is 5.92 Å². The van der Waals surface area contributed by atoms with Crippen LogP contribution in [0.2, 0.25) is 0 Å². The van der Waals surface area contributed by atoms with E-state index in [1.54, 1.807) is 18.5 Å².